The predicted octanol–water partition coefficient (Wildman–Crippen LogP) is 13.6. The summed E-state index contributed by atoms with van der Waals surface area (Å²) in [6.45, 7) is 0. The fourth-order valence-electron chi connectivity index (χ4n) is 7.66. The molecule has 0 spiro atoms. The average molecular weight is 702 g/mol. The number of hydrogen-bond acceptors (Lipinski definition) is 2. The van der Waals surface area contributed by atoms with Crippen LogP contribution in [0.1, 0.15) is 0 Å². The number of aromatic nitrogens is 3. The lowest BCUT2D eigenvalue weighted by molar-refractivity contribution is 1.18. The van der Waals surface area contributed by atoms with E-state index in [2.05, 4.69) is 180 Å². The van der Waals surface area contributed by atoms with Crippen LogP contribution in [0.5, 0.6) is 0 Å². The molecule has 258 valence electrons. The van der Waals surface area contributed by atoms with Crippen molar-refractivity contribution in [2.45, 2.75) is 0 Å². The van der Waals surface area contributed by atoms with Crippen LogP contribution >= 0.6 is 0 Å². The molecule has 0 saturated carbocycles. The van der Waals surface area contributed by atoms with Crippen LogP contribution in [0.4, 0.5) is 0 Å². The van der Waals surface area contributed by atoms with Crippen LogP contribution in [0, 0.1) is 0 Å². The monoisotopic (exact) mass is 701 g/mol. The summed E-state index contributed by atoms with van der Waals surface area (Å²) in [5, 5.41) is 2.54. The van der Waals surface area contributed by atoms with Crippen LogP contribution in [0.25, 0.3) is 94.8 Å². The Bertz CT molecular complexity index is 2830. The van der Waals surface area contributed by atoms with Crippen molar-refractivity contribution in [1.29, 1.82) is 0 Å². The Labute approximate surface area is 320 Å². The fourth-order valence-corrected chi connectivity index (χ4v) is 7.66. The van der Waals surface area contributed by atoms with Gasteiger partial charge in [-0.2, -0.15) is 0 Å². The van der Waals surface area contributed by atoms with Crippen LogP contribution in [0.3, 0.4) is 0 Å². The number of hydrogen-bond donors (Lipinski definition) is 0. The maximum Gasteiger partial charge on any atom is 0.160 e. The van der Waals surface area contributed by atoms with Gasteiger partial charge in [-0.25, -0.2) is 9.97 Å². The summed E-state index contributed by atoms with van der Waals surface area (Å²) in [7, 11) is 0. The third kappa shape index (κ3) is 6.18. The zero-order valence-corrected chi connectivity index (χ0v) is 30.0. The van der Waals surface area contributed by atoms with Crippen molar-refractivity contribution >= 4 is 21.8 Å². The molecule has 0 radical (unpaired) electrons. The molecule has 55 heavy (non-hydrogen) atoms. The van der Waals surface area contributed by atoms with E-state index < -0.39 is 0 Å². The average Bonchev–Trinajstić information content (AvgIpc) is 3.61. The molecule has 0 aliphatic carbocycles. The normalized spacial score (nSPS) is 11.3. The Balaban J connectivity index is 0.937. The van der Waals surface area contributed by atoms with E-state index in [4.69, 9.17) is 9.97 Å². The Morgan fingerprint density at radius 2 is 0.655 bits per heavy atom. The molecule has 3 nitrogen and oxygen atoms in total. The fraction of sp³-hybridized carbons (Fsp3) is 0. The highest BCUT2D eigenvalue weighted by molar-refractivity contribution is 6.09. The molecule has 0 bridgehead atoms. The summed E-state index contributed by atoms with van der Waals surface area (Å²) in [6.07, 6.45) is 0. The predicted molar refractivity (Wildman–Crippen MR) is 229 cm³/mol. The number of para-hydroxylation sites is 2. The zero-order chi connectivity index (χ0) is 36.6. The first kappa shape index (κ1) is 32.3. The van der Waals surface area contributed by atoms with Crippen LogP contribution < -0.4 is 0 Å². The van der Waals surface area contributed by atoms with Gasteiger partial charge in [-0.05, 0) is 75.8 Å². The van der Waals surface area contributed by atoms with Gasteiger partial charge in [-0.1, -0.05) is 170 Å². The summed E-state index contributed by atoms with van der Waals surface area (Å²) in [6, 6.07) is 75.2. The highest BCUT2D eigenvalue weighted by Crippen LogP contribution is 2.35. The van der Waals surface area contributed by atoms with E-state index in [9.17, 15) is 0 Å². The quantitative estimate of drug-likeness (QED) is 0.166. The largest absolute Gasteiger partial charge is 0.309 e. The van der Waals surface area contributed by atoms with Gasteiger partial charge < -0.3 is 4.57 Å². The maximum atomic E-state index is 5.02. The van der Waals surface area contributed by atoms with Crippen molar-refractivity contribution in [1.82, 2.24) is 14.5 Å². The van der Waals surface area contributed by atoms with Gasteiger partial charge in [-0.15, -0.1) is 0 Å². The Morgan fingerprint density at radius 3 is 1.18 bits per heavy atom. The van der Waals surface area contributed by atoms with Crippen molar-refractivity contribution in [3.8, 4) is 73.0 Å². The summed E-state index contributed by atoms with van der Waals surface area (Å²) in [5.41, 5.74) is 15.6. The Kier molecular flexibility index (Phi) is 8.16. The molecular formula is C52H35N3. The van der Waals surface area contributed by atoms with Gasteiger partial charge in [-0.3, -0.25) is 0 Å². The van der Waals surface area contributed by atoms with E-state index in [1.165, 1.54) is 49.6 Å². The zero-order valence-electron chi connectivity index (χ0n) is 30.0. The molecule has 0 aliphatic rings. The second kappa shape index (κ2) is 13.9. The lowest BCUT2D eigenvalue weighted by Crippen LogP contribution is -1.95. The third-order valence-electron chi connectivity index (χ3n) is 10.4. The first-order chi connectivity index (χ1) is 27.2. The van der Waals surface area contributed by atoms with E-state index in [1.807, 2.05) is 36.4 Å². The molecule has 0 fully saturated rings. The smallest absolute Gasteiger partial charge is 0.160 e. The topological polar surface area (TPSA) is 30.7 Å². The summed E-state index contributed by atoms with van der Waals surface area (Å²) < 4.78 is 2.36. The first-order valence-electron chi connectivity index (χ1n) is 18.7. The first-order valence-corrected chi connectivity index (χ1v) is 18.7. The number of fused-ring (bicyclic) bond motifs is 3. The maximum absolute atomic E-state index is 5.02. The molecule has 0 amide bonds. The number of rotatable bonds is 7. The van der Waals surface area contributed by atoms with Crippen LogP contribution in [0.15, 0.2) is 212 Å². The minimum atomic E-state index is 0.718. The van der Waals surface area contributed by atoms with Crippen molar-refractivity contribution in [3.63, 3.8) is 0 Å². The van der Waals surface area contributed by atoms with Gasteiger partial charge in [0.2, 0.25) is 0 Å². The molecular weight excluding hydrogens is 667 g/mol. The van der Waals surface area contributed by atoms with Gasteiger partial charge in [0.05, 0.1) is 22.4 Å². The van der Waals surface area contributed by atoms with E-state index in [0.29, 0.717) is 0 Å². The standard InChI is InChI=1S/C52H35N3/c1-3-13-38(14-4-1)48-35-49(54-52(53-48)40-15-5-2-6-16-40)39-27-25-36(26-28-39)41-17-11-19-43(33-41)44-20-12-18-42(34-44)37-29-31-45(32-30-37)55-50-23-9-7-21-46(50)47-22-8-10-24-51(47)55/h1-35H. The van der Waals surface area contributed by atoms with Gasteiger partial charge >= 0.3 is 0 Å². The number of nitrogens with zero attached hydrogens (tertiary/aromatic N) is 3. The van der Waals surface area contributed by atoms with Crippen molar-refractivity contribution < 1.29 is 0 Å². The van der Waals surface area contributed by atoms with E-state index >= 15 is 0 Å². The molecule has 2 heterocycles. The molecule has 3 heteroatoms. The Hall–Kier alpha value is -7.36. The van der Waals surface area contributed by atoms with Crippen molar-refractivity contribution in [2.75, 3.05) is 0 Å². The summed E-state index contributed by atoms with van der Waals surface area (Å²) >= 11 is 0. The molecule has 0 aliphatic heterocycles. The van der Waals surface area contributed by atoms with Gasteiger partial charge in [0, 0.05) is 33.2 Å². The van der Waals surface area contributed by atoms with E-state index in [-0.39, 0.29) is 0 Å². The van der Waals surface area contributed by atoms with Crippen LogP contribution in [0.2, 0.25) is 0 Å². The van der Waals surface area contributed by atoms with E-state index in [0.717, 1.165) is 45.2 Å². The molecule has 2 aromatic heterocycles. The second-order valence-electron chi connectivity index (χ2n) is 13.8. The Morgan fingerprint density at radius 1 is 0.273 bits per heavy atom. The van der Waals surface area contributed by atoms with E-state index in [1.54, 1.807) is 0 Å². The molecule has 10 aromatic rings. The minimum absolute atomic E-state index is 0.718. The molecule has 0 saturated heterocycles. The second-order valence-corrected chi connectivity index (χ2v) is 13.8. The van der Waals surface area contributed by atoms with Crippen LogP contribution in [-0.2, 0) is 0 Å². The minimum Gasteiger partial charge on any atom is -0.309 e. The highest BCUT2D eigenvalue weighted by Gasteiger charge is 2.13. The lowest BCUT2D eigenvalue weighted by Gasteiger charge is -2.11. The van der Waals surface area contributed by atoms with Gasteiger partial charge in [0.1, 0.15) is 0 Å². The van der Waals surface area contributed by atoms with Gasteiger partial charge in [0.15, 0.2) is 5.82 Å². The SMILES string of the molecule is c1ccc(-c2cc(-c3ccc(-c4cccc(-c5cccc(-c6ccc(-n7c8ccccc8c8ccccc87)cc6)c5)c4)cc3)nc(-c3ccccc3)n2)cc1. The molecule has 8 aromatic carbocycles. The third-order valence-corrected chi connectivity index (χ3v) is 10.4. The molecule has 0 unspecified atom stereocenters. The van der Waals surface area contributed by atoms with Crippen molar-refractivity contribution in [3.05, 3.63) is 212 Å². The highest BCUT2D eigenvalue weighted by atomic mass is 15.0. The van der Waals surface area contributed by atoms with Crippen molar-refractivity contribution in [2.24, 2.45) is 0 Å². The summed E-state index contributed by atoms with van der Waals surface area (Å²) in [5.74, 6) is 0.718. The lowest BCUT2D eigenvalue weighted by atomic mass is 9.95. The number of benzene rings is 8. The molecule has 0 atom stereocenters. The molecule has 0 N–H and O–H groups in total. The summed E-state index contributed by atoms with van der Waals surface area (Å²) in [4.78, 5) is 9.97. The van der Waals surface area contributed by atoms with Gasteiger partial charge in [0.25, 0.3) is 0 Å². The van der Waals surface area contributed by atoms with Crippen LogP contribution in [-0.4, -0.2) is 14.5 Å². The molecule has 10 rings (SSSR count).